The molecule has 1 aromatic heterocycles. The molecule has 1 aliphatic rings. The van der Waals surface area contributed by atoms with E-state index in [4.69, 9.17) is 5.73 Å². The van der Waals surface area contributed by atoms with Gasteiger partial charge in [0.15, 0.2) is 11.6 Å². The second-order valence-corrected chi connectivity index (χ2v) is 8.38. The summed E-state index contributed by atoms with van der Waals surface area (Å²) in [7, 11) is 0. The molecule has 0 unspecified atom stereocenters. The van der Waals surface area contributed by atoms with Gasteiger partial charge >= 0.3 is 0 Å². The summed E-state index contributed by atoms with van der Waals surface area (Å²) >= 11 is 0. The zero-order valence-corrected chi connectivity index (χ0v) is 16.0. The van der Waals surface area contributed by atoms with Gasteiger partial charge < -0.3 is 21.7 Å². The highest BCUT2D eigenvalue weighted by Crippen LogP contribution is 2.33. The van der Waals surface area contributed by atoms with Crippen LogP contribution in [0.4, 0.5) is 31.8 Å². The fourth-order valence-electron chi connectivity index (χ4n) is 3.95. The Labute approximate surface area is 158 Å². The monoisotopic (exact) mass is 376 g/mol. The van der Waals surface area contributed by atoms with Crippen LogP contribution in [0.15, 0.2) is 24.5 Å². The van der Waals surface area contributed by atoms with Crippen molar-refractivity contribution in [2.24, 2.45) is 0 Å². The Morgan fingerprint density at radius 3 is 2.33 bits per heavy atom. The third kappa shape index (κ3) is 4.63. The molecule has 146 valence electrons. The summed E-state index contributed by atoms with van der Waals surface area (Å²) in [5, 5.41) is 9.84. The van der Waals surface area contributed by atoms with E-state index in [0.29, 0.717) is 5.82 Å². The predicted molar refractivity (Wildman–Crippen MR) is 104 cm³/mol. The van der Waals surface area contributed by atoms with E-state index in [1.807, 2.05) is 0 Å². The van der Waals surface area contributed by atoms with E-state index in [1.165, 1.54) is 18.5 Å². The van der Waals surface area contributed by atoms with E-state index >= 15 is 0 Å². The molecule has 8 heteroatoms. The maximum Gasteiger partial charge on any atom is 0.159 e. The normalized spacial score (nSPS) is 18.9. The number of anilines is 4. The van der Waals surface area contributed by atoms with Crippen LogP contribution in [-0.2, 0) is 0 Å². The number of hydrogen-bond donors (Lipinski definition) is 4. The van der Waals surface area contributed by atoms with Crippen LogP contribution in [0.5, 0.6) is 0 Å². The van der Waals surface area contributed by atoms with E-state index in [9.17, 15) is 8.78 Å². The van der Waals surface area contributed by atoms with Crippen molar-refractivity contribution < 1.29 is 8.78 Å². The van der Waals surface area contributed by atoms with Crippen LogP contribution < -0.4 is 21.7 Å². The lowest BCUT2D eigenvalue weighted by Crippen LogP contribution is -2.60. The summed E-state index contributed by atoms with van der Waals surface area (Å²) in [6.07, 6.45) is 3.16. The molecule has 0 atom stereocenters. The number of halogens is 2. The van der Waals surface area contributed by atoms with Crippen LogP contribution in [0.1, 0.15) is 40.5 Å². The first-order valence-corrected chi connectivity index (χ1v) is 8.93. The lowest BCUT2D eigenvalue weighted by atomic mass is 9.79. The zero-order valence-electron chi connectivity index (χ0n) is 16.0. The fraction of sp³-hybridized carbons (Fsp3) is 0.474. The second kappa shape index (κ2) is 6.92. The Bertz CT molecular complexity index is 821. The lowest BCUT2D eigenvalue weighted by molar-refractivity contribution is 0.170. The summed E-state index contributed by atoms with van der Waals surface area (Å²) in [6.45, 7) is 8.65. The average molecular weight is 376 g/mol. The number of benzene rings is 1. The van der Waals surface area contributed by atoms with Crippen molar-refractivity contribution >= 4 is 23.0 Å². The minimum absolute atomic E-state index is 0.0282. The summed E-state index contributed by atoms with van der Waals surface area (Å²) < 4.78 is 27.0. The molecule has 0 amide bonds. The van der Waals surface area contributed by atoms with Crippen molar-refractivity contribution in [3.8, 4) is 0 Å². The molecule has 1 saturated heterocycles. The number of nitrogens with two attached hydrogens (primary N) is 1. The number of hydrogen-bond acceptors (Lipinski definition) is 6. The van der Waals surface area contributed by atoms with E-state index in [-0.39, 0.29) is 34.3 Å². The number of nitrogen functional groups attached to an aromatic ring is 1. The van der Waals surface area contributed by atoms with Crippen molar-refractivity contribution in [3.05, 3.63) is 36.2 Å². The van der Waals surface area contributed by atoms with Gasteiger partial charge in [0.1, 0.15) is 23.6 Å². The first-order chi connectivity index (χ1) is 12.5. The molecule has 1 aromatic carbocycles. The maximum absolute atomic E-state index is 13.9. The lowest BCUT2D eigenvalue weighted by Gasteiger charge is -2.46. The molecule has 2 heterocycles. The van der Waals surface area contributed by atoms with E-state index < -0.39 is 11.6 Å². The van der Waals surface area contributed by atoms with Crippen LogP contribution >= 0.6 is 0 Å². The summed E-state index contributed by atoms with van der Waals surface area (Å²) in [5.41, 5.74) is 6.53. The zero-order chi connectivity index (χ0) is 19.8. The van der Waals surface area contributed by atoms with Gasteiger partial charge in [0, 0.05) is 23.2 Å². The van der Waals surface area contributed by atoms with Gasteiger partial charge in [-0.1, -0.05) is 0 Å². The summed E-state index contributed by atoms with van der Waals surface area (Å²) in [4.78, 5) is 8.33. The predicted octanol–water partition coefficient (Wildman–Crippen LogP) is 3.80. The number of aromatic nitrogens is 2. The van der Waals surface area contributed by atoms with Gasteiger partial charge in [-0.3, -0.25) is 0 Å². The van der Waals surface area contributed by atoms with Gasteiger partial charge in [0.25, 0.3) is 0 Å². The highest BCUT2D eigenvalue weighted by molar-refractivity contribution is 5.77. The molecule has 3 rings (SSSR count). The fourth-order valence-corrected chi connectivity index (χ4v) is 3.95. The van der Waals surface area contributed by atoms with Crippen molar-refractivity contribution in [3.63, 3.8) is 0 Å². The Hall–Kier alpha value is -2.48. The van der Waals surface area contributed by atoms with Gasteiger partial charge in [-0.25, -0.2) is 18.7 Å². The van der Waals surface area contributed by atoms with Gasteiger partial charge in [0.2, 0.25) is 0 Å². The molecule has 6 nitrogen and oxygen atoms in total. The number of nitrogens with one attached hydrogen (secondary N) is 3. The van der Waals surface area contributed by atoms with Gasteiger partial charge in [-0.15, -0.1) is 0 Å². The Morgan fingerprint density at radius 1 is 1.07 bits per heavy atom. The summed E-state index contributed by atoms with van der Waals surface area (Å²) in [5.74, 6) is -0.601. The van der Waals surface area contributed by atoms with Crippen molar-refractivity contribution in [1.29, 1.82) is 0 Å². The summed E-state index contributed by atoms with van der Waals surface area (Å²) in [6, 6.07) is 3.44. The minimum Gasteiger partial charge on any atom is -0.393 e. The molecule has 5 N–H and O–H groups in total. The SMILES string of the molecule is CC1(C)CC(Nc2ncnc(Nc3ccc(F)cc3F)c2N)CC(C)(C)N1. The van der Waals surface area contributed by atoms with Crippen LogP contribution in [0.2, 0.25) is 0 Å². The second-order valence-electron chi connectivity index (χ2n) is 8.38. The topological polar surface area (TPSA) is 87.9 Å². The first kappa shape index (κ1) is 19.3. The molecular formula is C19H26F2N6. The third-order valence-electron chi connectivity index (χ3n) is 4.60. The molecule has 0 bridgehead atoms. The molecule has 1 fully saturated rings. The molecule has 0 radical (unpaired) electrons. The largest absolute Gasteiger partial charge is 0.393 e. The van der Waals surface area contributed by atoms with E-state index in [1.54, 1.807) is 0 Å². The number of rotatable bonds is 4. The first-order valence-electron chi connectivity index (χ1n) is 8.93. The molecule has 2 aromatic rings. The molecule has 0 aliphatic carbocycles. The Balaban J connectivity index is 1.81. The molecular weight excluding hydrogens is 350 g/mol. The smallest absolute Gasteiger partial charge is 0.159 e. The van der Waals surface area contributed by atoms with Crippen LogP contribution in [0.25, 0.3) is 0 Å². The number of nitrogens with zero attached hydrogens (tertiary/aromatic N) is 2. The van der Waals surface area contributed by atoms with E-state index in [2.05, 4.69) is 53.6 Å². The van der Waals surface area contributed by atoms with Crippen LogP contribution in [0, 0.1) is 11.6 Å². The molecule has 1 aliphatic heterocycles. The molecule has 0 saturated carbocycles. The van der Waals surface area contributed by atoms with Gasteiger partial charge in [-0.05, 0) is 52.7 Å². The van der Waals surface area contributed by atoms with Gasteiger partial charge in [0.05, 0.1) is 5.69 Å². The van der Waals surface area contributed by atoms with Gasteiger partial charge in [-0.2, -0.15) is 0 Å². The van der Waals surface area contributed by atoms with Crippen molar-refractivity contribution in [2.75, 3.05) is 16.4 Å². The van der Waals surface area contributed by atoms with Crippen molar-refractivity contribution in [2.45, 2.75) is 57.7 Å². The highest BCUT2D eigenvalue weighted by Gasteiger charge is 2.37. The van der Waals surface area contributed by atoms with Crippen LogP contribution in [0.3, 0.4) is 0 Å². The highest BCUT2D eigenvalue weighted by atomic mass is 19.1. The van der Waals surface area contributed by atoms with E-state index in [0.717, 1.165) is 18.9 Å². The Morgan fingerprint density at radius 2 is 1.70 bits per heavy atom. The quantitative estimate of drug-likeness (QED) is 0.649. The maximum atomic E-state index is 13.9. The Kier molecular flexibility index (Phi) is 4.94. The van der Waals surface area contributed by atoms with Crippen molar-refractivity contribution in [1.82, 2.24) is 15.3 Å². The minimum atomic E-state index is -0.718. The molecule has 27 heavy (non-hydrogen) atoms. The van der Waals surface area contributed by atoms with Crippen LogP contribution in [-0.4, -0.2) is 27.1 Å². The average Bonchev–Trinajstić information content (AvgIpc) is 2.50. The number of piperidine rings is 1. The molecule has 0 spiro atoms. The third-order valence-corrected chi connectivity index (χ3v) is 4.60. The standard InChI is InChI=1S/C19H26F2N6/c1-18(2)8-12(9-19(3,4)27-18)25-16-15(22)17(24-10-23-16)26-14-6-5-11(20)7-13(14)21/h5-7,10,12,27H,8-9,22H2,1-4H3,(H2,23,24,25,26).